The Morgan fingerprint density at radius 1 is 0.516 bits per heavy atom. The number of fused-ring (bicyclic) bond motifs is 7. The summed E-state index contributed by atoms with van der Waals surface area (Å²) in [6, 6.07) is 14.2. The van der Waals surface area contributed by atoms with Gasteiger partial charge in [0.05, 0.1) is 16.0 Å². The summed E-state index contributed by atoms with van der Waals surface area (Å²) in [5.74, 6) is 0.0542. The Morgan fingerprint density at radius 3 is 1.44 bits per heavy atom. The van der Waals surface area contributed by atoms with Gasteiger partial charge in [0.15, 0.2) is 0 Å². The number of carbonyl (C=O) groups is 4. The molecule has 5 aromatic heterocycles. The summed E-state index contributed by atoms with van der Waals surface area (Å²) in [5, 5.41) is 29.8. The molecule has 7 unspecified atom stereocenters. The fourth-order valence-corrected chi connectivity index (χ4v) is 40.8. The second kappa shape index (κ2) is 35.4. The van der Waals surface area contributed by atoms with E-state index < -0.39 is 38.9 Å². The van der Waals surface area contributed by atoms with Crippen molar-refractivity contribution in [3.63, 3.8) is 0 Å². The molecule has 0 bridgehead atoms. The maximum Gasteiger partial charge on any atom is 0.345 e. The molecular formula is C80H122N2O6S5Si2. The third-order valence-corrected chi connectivity index (χ3v) is 41.9. The van der Waals surface area contributed by atoms with Crippen LogP contribution in [0.5, 0.6) is 0 Å². The predicted octanol–water partition coefficient (Wildman–Crippen LogP) is 23.0. The van der Waals surface area contributed by atoms with Crippen LogP contribution in [0.1, 0.15) is 321 Å². The topological polar surface area (TPSA) is 124 Å². The summed E-state index contributed by atoms with van der Waals surface area (Å²) in [6.07, 6.45) is 32.4. The zero-order chi connectivity index (χ0) is 68.8. The molecule has 7 atom stereocenters. The van der Waals surface area contributed by atoms with Gasteiger partial charge in [-0.25, -0.2) is 15.2 Å². The van der Waals surface area contributed by atoms with Gasteiger partial charge in [0.1, 0.15) is 26.4 Å². The maximum absolute atomic E-state index is 16.0. The van der Waals surface area contributed by atoms with Crippen LogP contribution in [0.3, 0.4) is 0 Å². The van der Waals surface area contributed by atoms with Crippen LogP contribution in [0.2, 0.25) is 24.2 Å². The number of carboxylic acid groups (broad SMARTS) is 2. The van der Waals surface area contributed by atoms with Crippen molar-refractivity contribution < 1.29 is 29.4 Å². The van der Waals surface area contributed by atoms with Gasteiger partial charge in [0.25, 0.3) is 11.8 Å². The van der Waals surface area contributed by atoms with Gasteiger partial charge < -0.3 is 10.2 Å². The summed E-state index contributed by atoms with van der Waals surface area (Å²) in [6.45, 7) is 34.7. The number of hydrazine groups is 1. The number of nitrogens with one attached hydrogen (secondary N) is 1. The Morgan fingerprint density at radius 2 is 0.979 bits per heavy atom. The first kappa shape index (κ1) is 77.5. The van der Waals surface area contributed by atoms with E-state index in [1.165, 1.54) is 132 Å². The van der Waals surface area contributed by atoms with Crippen molar-refractivity contribution in [1.82, 2.24) is 10.4 Å². The van der Waals surface area contributed by atoms with Gasteiger partial charge in [0, 0.05) is 51.0 Å². The molecule has 3 N–H and O–H groups in total. The highest BCUT2D eigenvalue weighted by Crippen LogP contribution is 2.58. The number of hydrogen-bond donors (Lipinski definition) is 3. The second-order valence-electron chi connectivity index (χ2n) is 29.3. The van der Waals surface area contributed by atoms with Gasteiger partial charge in [0.2, 0.25) is 0 Å². The minimum Gasteiger partial charge on any atom is -0.481 e. The molecule has 0 fully saturated rings. The number of unbranched alkanes of at least 4 members (excludes halogenated alkanes) is 9. The number of aromatic carboxylic acids is 1. The molecule has 3 aliphatic heterocycles. The van der Waals surface area contributed by atoms with Gasteiger partial charge in [-0.05, 0) is 137 Å². The lowest BCUT2D eigenvalue weighted by Gasteiger charge is -2.37. The van der Waals surface area contributed by atoms with Crippen LogP contribution >= 0.6 is 56.7 Å². The van der Waals surface area contributed by atoms with Gasteiger partial charge in [-0.3, -0.25) is 14.4 Å². The maximum atomic E-state index is 16.0. The molecular weight excluding hydrogens is 1300 g/mol. The van der Waals surface area contributed by atoms with Crippen molar-refractivity contribution >= 4 is 117 Å². The number of imide groups is 1. The molecule has 8 rings (SSSR count). The van der Waals surface area contributed by atoms with E-state index in [4.69, 9.17) is 0 Å². The first-order valence-corrected chi connectivity index (χ1v) is 47.3. The van der Waals surface area contributed by atoms with E-state index in [-0.39, 0.29) is 17.7 Å². The van der Waals surface area contributed by atoms with Crippen LogP contribution in [0.25, 0.3) is 29.3 Å². The lowest BCUT2D eigenvalue weighted by molar-refractivity contribution is -0.146. The Hall–Kier alpha value is -3.29. The zero-order valence-corrected chi connectivity index (χ0v) is 67.1. The number of rotatable bonds is 47. The van der Waals surface area contributed by atoms with Crippen molar-refractivity contribution in [3.8, 4) is 29.3 Å². The highest BCUT2D eigenvalue weighted by molar-refractivity contribution is 7.32. The normalized spacial score (nSPS) is 19.3. The van der Waals surface area contributed by atoms with E-state index in [1.54, 1.807) is 22.7 Å². The van der Waals surface area contributed by atoms with Gasteiger partial charge in [-0.1, -0.05) is 244 Å². The van der Waals surface area contributed by atoms with Crippen molar-refractivity contribution in [2.24, 2.45) is 29.6 Å². The highest BCUT2D eigenvalue weighted by atomic mass is 32.1. The van der Waals surface area contributed by atoms with E-state index >= 15 is 9.59 Å². The lowest BCUT2D eigenvalue weighted by Crippen LogP contribution is -2.57. The molecule has 0 aliphatic carbocycles. The van der Waals surface area contributed by atoms with Crippen LogP contribution < -0.4 is 26.2 Å². The van der Waals surface area contributed by atoms with E-state index in [0.29, 0.717) is 71.9 Å². The summed E-state index contributed by atoms with van der Waals surface area (Å²) >= 11 is 8.70. The number of amides is 2. The number of carbonyl (C=O) groups excluding carboxylic acids is 2. The molecule has 0 spiro atoms. The minimum absolute atomic E-state index is 0.00766. The van der Waals surface area contributed by atoms with Crippen LogP contribution in [0, 0.1) is 29.6 Å². The van der Waals surface area contributed by atoms with Gasteiger partial charge in [-0.2, -0.15) is 0 Å². The first-order valence-electron chi connectivity index (χ1n) is 38.4. The fraction of sp³-hybridized carbons (Fsp3) is 0.675. The Bertz CT molecular complexity index is 3330. The molecule has 2 amide bonds. The number of hydrogen-bond acceptors (Lipinski definition) is 10. The molecule has 8 heterocycles. The van der Waals surface area contributed by atoms with Crippen LogP contribution in [-0.4, -0.2) is 61.7 Å². The van der Waals surface area contributed by atoms with E-state index in [1.807, 2.05) is 28.7 Å². The summed E-state index contributed by atoms with van der Waals surface area (Å²) in [4.78, 5) is 70.2. The van der Waals surface area contributed by atoms with Crippen molar-refractivity contribution in [2.45, 2.75) is 311 Å². The Labute approximate surface area is 596 Å². The third-order valence-electron chi connectivity index (χ3n) is 23.6. The number of allylic oxidation sites excluding steroid dienone is 1. The van der Waals surface area contributed by atoms with E-state index in [0.717, 1.165) is 134 Å². The molecule has 15 heteroatoms. The first-order chi connectivity index (χ1) is 45.9. The molecule has 3 aliphatic rings. The third kappa shape index (κ3) is 15.3. The zero-order valence-electron chi connectivity index (χ0n) is 61.0. The smallest absolute Gasteiger partial charge is 0.345 e. The SMILES string of the molecule is C=CCCC(CC)(c1cc2c(s1)-c1sc(C(=O)O)cc1[Si]2(CC(CC)CCCC)CC(CC)CCCC)c1sc(-c2cc3c(s2)-c2sc(C(CC)(C(=O)O)C(CC)CCC)cc2[Si]3(CC(CC)CCCC)CC(CC)CCCC)c2c1C(=O)N(NCCCCCCCC)C2=O. The highest BCUT2D eigenvalue weighted by Gasteiger charge is 2.56. The molecule has 0 saturated heterocycles. The number of aliphatic carboxylic acids is 1. The van der Waals surface area contributed by atoms with Crippen LogP contribution in [0.15, 0.2) is 36.9 Å². The minimum atomic E-state index is -2.71. The quantitative estimate of drug-likeness (QED) is 0.0153. The Kier molecular flexibility index (Phi) is 28.8. The number of carboxylic acids is 2. The molecule has 8 nitrogen and oxygen atoms in total. The van der Waals surface area contributed by atoms with E-state index in [2.05, 4.69) is 126 Å². The fourth-order valence-electron chi connectivity index (χ4n) is 17.8. The summed E-state index contributed by atoms with van der Waals surface area (Å²) < 4.78 is 0. The molecule has 0 saturated carbocycles. The molecule has 0 aromatic carbocycles. The Balaban J connectivity index is 1.44. The molecule has 0 radical (unpaired) electrons. The van der Waals surface area contributed by atoms with Crippen molar-refractivity contribution in [1.29, 1.82) is 0 Å². The molecule has 5 aromatic rings. The largest absolute Gasteiger partial charge is 0.481 e. The summed E-state index contributed by atoms with van der Waals surface area (Å²) in [5.41, 5.74) is 2.89. The standard InChI is InChI=1S/C80H122N2O6S5Si2/c1-15-29-35-36-37-38-45-81-82-75(83)67-68(76(82)84)74(79(27-13,44-34-20-6)65-48-63-72(91-65)71-62(47-60(90-71)77(85)86)95(63,52-56(24-10)42-32-18-4)53-57(25-11)43-33-19-5)93-69(67)59-46-61-70(89-59)73-64(49-66(92-73)80(28-14,78(87)88)58(26-12)39-21-7)94(61,50-54(22-8)40-30-16-2)51-55(23-9)41-31-17-3/h20,46-49,54-58,81H,6,15-19,21-45,50-53H2,1-5,7-14H3,(H,85,86)(H,87,88). The average molecular weight is 1420 g/mol. The van der Waals surface area contributed by atoms with Crippen molar-refractivity contribution in [2.75, 3.05) is 6.54 Å². The predicted molar refractivity (Wildman–Crippen MR) is 419 cm³/mol. The van der Waals surface area contributed by atoms with Gasteiger partial charge in [-0.15, -0.1) is 63.3 Å². The summed E-state index contributed by atoms with van der Waals surface area (Å²) in [7, 11) is -5.36. The number of thiophene rings is 5. The van der Waals surface area contributed by atoms with E-state index in [9.17, 15) is 19.8 Å². The second-order valence-corrected chi connectivity index (χ2v) is 42.6. The molecule has 526 valence electrons. The van der Waals surface area contributed by atoms with Crippen LogP contribution in [0.4, 0.5) is 0 Å². The monoisotopic (exact) mass is 1420 g/mol. The molecule has 95 heavy (non-hydrogen) atoms. The van der Waals surface area contributed by atoms with Crippen LogP contribution in [-0.2, 0) is 15.6 Å². The number of nitrogens with zero attached hydrogens (tertiary/aromatic N) is 1. The lowest BCUT2D eigenvalue weighted by atomic mass is 9.69. The van der Waals surface area contributed by atoms with Gasteiger partial charge >= 0.3 is 11.9 Å². The average Bonchev–Trinajstić information content (AvgIpc) is 1.54. The van der Waals surface area contributed by atoms with Crippen molar-refractivity contribution in [3.05, 3.63) is 67.6 Å².